The van der Waals surface area contributed by atoms with Gasteiger partial charge in [0.1, 0.15) is 0 Å². The molecule has 1 amide bonds. The molecule has 1 N–H and O–H groups in total. The molecule has 148 valence electrons. The predicted octanol–water partition coefficient (Wildman–Crippen LogP) is 2.85. The number of amides is 1. The fraction of sp³-hybridized carbons (Fsp3) is 0.474. The van der Waals surface area contributed by atoms with Gasteiger partial charge in [-0.1, -0.05) is 23.7 Å². The van der Waals surface area contributed by atoms with E-state index in [4.69, 9.17) is 11.6 Å². The van der Waals surface area contributed by atoms with Gasteiger partial charge in [0, 0.05) is 23.7 Å². The minimum Gasteiger partial charge on any atom is -0.358 e. The van der Waals surface area contributed by atoms with Gasteiger partial charge < -0.3 is 20.3 Å². The topological polar surface area (TPSA) is 93.3 Å². The van der Waals surface area contributed by atoms with Crippen molar-refractivity contribution in [2.45, 2.75) is 50.4 Å². The van der Waals surface area contributed by atoms with E-state index in [1.54, 1.807) is 12.1 Å². The molecule has 9 heteroatoms. The van der Waals surface area contributed by atoms with Crippen molar-refractivity contribution in [3.63, 3.8) is 0 Å². The Morgan fingerprint density at radius 3 is 2.50 bits per heavy atom. The van der Waals surface area contributed by atoms with Gasteiger partial charge in [0.05, 0.1) is 17.8 Å². The molecule has 1 aromatic carbocycles. The lowest BCUT2D eigenvalue weighted by atomic mass is 9.97. The molecule has 3 heterocycles. The third kappa shape index (κ3) is 3.74. The van der Waals surface area contributed by atoms with Crippen molar-refractivity contribution in [3.8, 4) is 0 Å². The first-order chi connectivity index (χ1) is 13.4. The van der Waals surface area contributed by atoms with Crippen molar-refractivity contribution < 1.29 is 9.72 Å². The first kappa shape index (κ1) is 18.9. The zero-order valence-corrected chi connectivity index (χ0v) is 16.3. The van der Waals surface area contributed by atoms with Crippen LogP contribution in [0.4, 0.5) is 5.82 Å². The van der Waals surface area contributed by atoms with E-state index < -0.39 is 4.92 Å². The van der Waals surface area contributed by atoms with Crippen LogP contribution in [0.2, 0.25) is 5.02 Å². The van der Waals surface area contributed by atoms with Gasteiger partial charge in [-0.15, -0.1) is 0 Å². The molecular formula is C19H22ClN5O3. The summed E-state index contributed by atoms with van der Waals surface area (Å²) in [6.45, 7) is 0.341. The Morgan fingerprint density at radius 1 is 1.29 bits per heavy atom. The number of aromatic nitrogens is 2. The molecule has 2 aliphatic heterocycles. The zero-order chi connectivity index (χ0) is 19.8. The molecular weight excluding hydrogens is 382 g/mol. The van der Waals surface area contributed by atoms with Gasteiger partial charge in [-0.05, 0) is 55.4 Å². The first-order valence-electron chi connectivity index (χ1n) is 9.40. The van der Waals surface area contributed by atoms with Crippen LogP contribution in [-0.2, 0) is 6.54 Å². The van der Waals surface area contributed by atoms with Crippen LogP contribution >= 0.6 is 11.6 Å². The SMILES string of the molecule is CN1[C@@H]2CC[C@@H]1CC(NC(=O)c1ccc(Cn3cc(Cl)c([N+](=O)[O-])n3)cc1)C2. The molecule has 0 unspecified atom stereocenters. The van der Waals surface area contributed by atoms with E-state index >= 15 is 0 Å². The molecule has 0 spiro atoms. The quantitative estimate of drug-likeness (QED) is 0.612. The third-order valence-electron chi connectivity index (χ3n) is 5.87. The minimum absolute atomic E-state index is 0.00749. The molecule has 0 radical (unpaired) electrons. The van der Waals surface area contributed by atoms with Crippen LogP contribution in [0.15, 0.2) is 30.5 Å². The Hall–Kier alpha value is -2.45. The summed E-state index contributed by atoms with van der Waals surface area (Å²) in [6.07, 6.45) is 5.88. The Morgan fingerprint density at radius 2 is 1.93 bits per heavy atom. The van der Waals surface area contributed by atoms with Crippen LogP contribution in [0, 0.1) is 10.1 Å². The lowest BCUT2D eigenvalue weighted by Crippen LogP contribution is -2.48. The molecule has 0 saturated carbocycles. The molecule has 4 rings (SSSR count). The van der Waals surface area contributed by atoms with Crippen LogP contribution in [0.5, 0.6) is 0 Å². The van der Waals surface area contributed by atoms with Gasteiger partial charge in [-0.3, -0.25) is 4.79 Å². The number of benzene rings is 1. The van der Waals surface area contributed by atoms with E-state index in [1.165, 1.54) is 23.7 Å². The highest BCUT2D eigenvalue weighted by molar-refractivity contribution is 6.32. The number of fused-ring (bicyclic) bond motifs is 2. The lowest BCUT2D eigenvalue weighted by molar-refractivity contribution is -0.389. The van der Waals surface area contributed by atoms with E-state index in [0.717, 1.165) is 18.4 Å². The Labute approximate surface area is 167 Å². The highest BCUT2D eigenvalue weighted by atomic mass is 35.5. The number of hydrogen-bond acceptors (Lipinski definition) is 5. The predicted molar refractivity (Wildman–Crippen MR) is 104 cm³/mol. The van der Waals surface area contributed by atoms with Crippen molar-refractivity contribution in [3.05, 3.63) is 56.7 Å². The van der Waals surface area contributed by atoms with E-state index in [2.05, 4.69) is 22.4 Å². The number of halogens is 1. The molecule has 28 heavy (non-hydrogen) atoms. The highest BCUT2D eigenvalue weighted by Gasteiger charge is 2.38. The molecule has 0 aliphatic carbocycles. The van der Waals surface area contributed by atoms with Crippen molar-refractivity contribution in [2.75, 3.05) is 7.05 Å². The number of rotatable bonds is 5. The van der Waals surface area contributed by atoms with Crippen molar-refractivity contribution in [1.82, 2.24) is 20.0 Å². The zero-order valence-electron chi connectivity index (χ0n) is 15.5. The van der Waals surface area contributed by atoms with Crippen LogP contribution in [0.25, 0.3) is 0 Å². The number of nitro groups is 1. The Bertz CT molecular complexity index is 883. The number of hydrogen-bond donors (Lipinski definition) is 1. The average Bonchev–Trinajstić information content (AvgIpc) is 3.10. The summed E-state index contributed by atoms with van der Waals surface area (Å²) >= 11 is 5.82. The Kier molecular flexibility index (Phi) is 5.07. The summed E-state index contributed by atoms with van der Waals surface area (Å²) in [5, 5.41) is 17.9. The number of nitrogens with zero attached hydrogens (tertiary/aromatic N) is 4. The summed E-state index contributed by atoms with van der Waals surface area (Å²) in [5.74, 6) is -0.414. The van der Waals surface area contributed by atoms with E-state index in [0.29, 0.717) is 24.2 Å². The van der Waals surface area contributed by atoms with E-state index in [-0.39, 0.29) is 22.8 Å². The van der Waals surface area contributed by atoms with Crippen molar-refractivity contribution in [2.24, 2.45) is 0 Å². The van der Waals surface area contributed by atoms with Crippen LogP contribution in [-0.4, -0.2) is 50.7 Å². The molecule has 8 nitrogen and oxygen atoms in total. The van der Waals surface area contributed by atoms with Gasteiger partial charge >= 0.3 is 5.82 Å². The summed E-state index contributed by atoms with van der Waals surface area (Å²) in [5.41, 5.74) is 1.49. The van der Waals surface area contributed by atoms with E-state index in [9.17, 15) is 14.9 Å². The third-order valence-corrected chi connectivity index (χ3v) is 6.13. The molecule has 2 bridgehead atoms. The number of carbonyl (C=O) groups excluding carboxylic acids is 1. The summed E-state index contributed by atoms with van der Waals surface area (Å²) in [7, 11) is 2.18. The maximum absolute atomic E-state index is 12.6. The molecule has 2 aromatic rings. The lowest BCUT2D eigenvalue weighted by Gasteiger charge is -2.36. The average molecular weight is 404 g/mol. The maximum Gasteiger partial charge on any atom is 0.408 e. The number of piperidine rings is 1. The van der Waals surface area contributed by atoms with Crippen molar-refractivity contribution >= 4 is 23.3 Å². The largest absolute Gasteiger partial charge is 0.408 e. The van der Waals surface area contributed by atoms with Gasteiger partial charge in [-0.25, -0.2) is 0 Å². The first-order valence-corrected chi connectivity index (χ1v) is 9.77. The van der Waals surface area contributed by atoms with Gasteiger partial charge in [0.2, 0.25) is 0 Å². The molecule has 2 saturated heterocycles. The standard InChI is InChI=1S/C19H22ClN5O3/c1-23-15-6-7-16(23)9-14(8-15)21-19(26)13-4-2-12(3-5-13)10-24-11-17(20)18(22-24)25(27)28/h2-5,11,14-16H,6-10H2,1H3,(H,21,26)/t15-,16-/m1/s1. The van der Waals surface area contributed by atoms with Crippen molar-refractivity contribution in [1.29, 1.82) is 0 Å². The molecule has 2 aliphatic rings. The molecule has 1 aromatic heterocycles. The fourth-order valence-corrected chi connectivity index (χ4v) is 4.56. The minimum atomic E-state index is -0.610. The second-order valence-electron chi connectivity index (χ2n) is 7.64. The van der Waals surface area contributed by atoms with E-state index in [1.807, 2.05) is 12.1 Å². The van der Waals surface area contributed by atoms with Gasteiger partial charge in [0.15, 0.2) is 5.02 Å². The number of nitrogens with one attached hydrogen (secondary N) is 1. The van der Waals surface area contributed by atoms with Gasteiger partial charge in [-0.2, -0.15) is 4.68 Å². The van der Waals surface area contributed by atoms with Gasteiger partial charge in [0.25, 0.3) is 5.91 Å². The Balaban J connectivity index is 1.37. The van der Waals surface area contributed by atoms with Crippen LogP contribution < -0.4 is 5.32 Å². The van der Waals surface area contributed by atoms with Crippen LogP contribution in [0.3, 0.4) is 0 Å². The maximum atomic E-state index is 12.6. The summed E-state index contributed by atoms with van der Waals surface area (Å²) < 4.78 is 1.42. The second kappa shape index (κ2) is 7.52. The summed E-state index contributed by atoms with van der Waals surface area (Å²) in [6, 6.07) is 8.59. The highest BCUT2D eigenvalue weighted by Crippen LogP contribution is 2.34. The smallest absolute Gasteiger partial charge is 0.358 e. The molecule has 2 fully saturated rings. The second-order valence-corrected chi connectivity index (χ2v) is 8.05. The normalized spacial score (nSPS) is 24.3. The summed E-state index contributed by atoms with van der Waals surface area (Å²) in [4.78, 5) is 25.3. The monoisotopic (exact) mass is 403 g/mol. The molecule has 2 atom stereocenters. The fourth-order valence-electron chi connectivity index (χ4n) is 4.34. The van der Waals surface area contributed by atoms with Crippen LogP contribution in [0.1, 0.15) is 41.6 Å². The number of carbonyl (C=O) groups is 1.